The molecule has 0 radical (unpaired) electrons. The van der Waals surface area contributed by atoms with Gasteiger partial charge < -0.3 is 5.32 Å². The van der Waals surface area contributed by atoms with Crippen LogP contribution in [0.1, 0.15) is 110 Å². The van der Waals surface area contributed by atoms with Gasteiger partial charge in [0, 0.05) is 13.6 Å². The third-order valence-electron chi connectivity index (χ3n) is 4.85. The summed E-state index contributed by atoms with van der Waals surface area (Å²) >= 11 is 0. The third-order valence-corrected chi connectivity index (χ3v) is 4.85. The van der Waals surface area contributed by atoms with Gasteiger partial charge >= 0.3 is 6.03 Å². The fourth-order valence-corrected chi connectivity index (χ4v) is 3.18. The van der Waals surface area contributed by atoms with Crippen LogP contribution in [0.2, 0.25) is 0 Å². The summed E-state index contributed by atoms with van der Waals surface area (Å²) in [7, 11) is 1.55. The Hall–Kier alpha value is -1.06. The Labute approximate surface area is 156 Å². The zero-order valence-electron chi connectivity index (χ0n) is 16.9. The Morgan fingerprint density at radius 1 is 0.720 bits per heavy atom. The highest BCUT2D eigenvalue weighted by molar-refractivity contribution is 5.84. The standard InChI is InChI=1S/C21H42N2O2/c1-3-4-5-6-7-8-9-10-11-12-13-14-15-16-17-18-19-23(20-24)21(25)22-2/h20H,3-19H2,1-2H3,(H,22,25). The Kier molecular flexibility index (Phi) is 18.5. The van der Waals surface area contributed by atoms with Crippen molar-refractivity contribution in [2.75, 3.05) is 13.6 Å². The summed E-state index contributed by atoms with van der Waals surface area (Å²) in [5.41, 5.74) is 0. The highest BCUT2D eigenvalue weighted by atomic mass is 16.2. The number of unbranched alkanes of at least 4 members (excludes halogenated alkanes) is 15. The van der Waals surface area contributed by atoms with Crippen molar-refractivity contribution in [3.05, 3.63) is 0 Å². The van der Waals surface area contributed by atoms with Crippen LogP contribution in [0.4, 0.5) is 4.79 Å². The summed E-state index contributed by atoms with van der Waals surface area (Å²) in [6, 6.07) is -0.309. The van der Waals surface area contributed by atoms with E-state index in [0.717, 1.165) is 12.8 Å². The van der Waals surface area contributed by atoms with E-state index in [-0.39, 0.29) is 6.03 Å². The van der Waals surface area contributed by atoms with E-state index in [1.165, 1.54) is 94.8 Å². The molecule has 0 aliphatic rings. The van der Waals surface area contributed by atoms with Crippen molar-refractivity contribution in [2.45, 2.75) is 110 Å². The van der Waals surface area contributed by atoms with Gasteiger partial charge in [0.25, 0.3) is 0 Å². The minimum Gasteiger partial charge on any atom is -0.341 e. The van der Waals surface area contributed by atoms with Crippen LogP contribution in [-0.4, -0.2) is 30.9 Å². The first-order chi connectivity index (χ1) is 12.3. The van der Waals surface area contributed by atoms with Gasteiger partial charge in [0.2, 0.25) is 6.41 Å². The predicted molar refractivity (Wildman–Crippen MR) is 107 cm³/mol. The van der Waals surface area contributed by atoms with Crippen LogP contribution < -0.4 is 5.32 Å². The van der Waals surface area contributed by atoms with E-state index in [9.17, 15) is 9.59 Å². The lowest BCUT2D eigenvalue weighted by molar-refractivity contribution is -0.115. The molecule has 3 amide bonds. The summed E-state index contributed by atoms with van der Waals surface area (Å²) in [5.74, 6) is 0. The molecule has 4 nitrogen and oxygen atoms in total. The predicted octanol–water partition coefficient (Wildman–Crippen LogP) is 6.05. The molecule has 0 saturated heterocycles. The van der Waals surface area contributed by atoms with Crippen molar-refractivity contribution in [3.63, 3.8) is 0 Å². The Morgan fingerprint density at radius 3 is 1.40 bits per heavy atom. The molecule has 148 valence electrons. The second-order valence-corrected chi connectivity index (χ2v) is 7.16. The molecule has 0 fully saturated rings. The molecule has 0 aliphatic heterocycles. The fraction of sp³-hybridized carbons (Fsp3) is 0.905. The Bertz CT molecular complexity index is 308. The van der Waals surface area contributed by atoms with Gasteiger partial charge in [-0.05, 0) is 6.42 Å². The summed E-state index contributed by atoms with van der Waals surface area (Å²) < 4.78 is 0. The van der Waals surface area contributed by atoms with Crippen molar-refractivity contribution in [2.24, 2.45) is 0 Å². The van der Waals surface area contributed by atoms with Crippen LogP contribution in [0, 0.1) is 0 Å². The largest absolute Gasteiger partial charge is 0.341 e. The lowest BCUT2D eigenvalue weighted by Gasteiger charge is -2.14. The lowest BCUT2D eigenvalue weighted by atomic mass is 10.0. The second-order valence-electron chi connectivity index (χ2n) is 7.16. The molecule has 0 aromatic carbocycles. The zero-order chi connectivity index (χ0) is 18.6. The van der Waals surface area contributed by atoms with E-state index in [2.05, 4.69) is 12.2 Å². The first kappa shape index (κ1) is 23.9. The second kappa shape index (κ2) is 19.3. The summed E-state index contributed by atoms with van der Waals surface area (Å²) in [4.78, 5) is 23.3. The Morgan fingerprint density at radius 2 is 1.08 bits per heavy atom. The summed E-state index contributed by atoms with van der Waals surface area (Å²) in [6.45, 7) is 2.80. The van der Waals surface area contributed by atoms with E-state index in [0.29, 0.717) is 13.0 Å². The number of rotatable bonds is 18. The highest BCUT2D eigenvalue weighted by Crippen LogP contribution is 2.13. The first-order valence-corrected chi connectivity index (χ1v) is 10.7. The number of hydrogen-bond donors (Lipinski definition) is 1. The average Bonchev–Trinajstić information content (AvgIpc) is 2.64. The van der Waals surface area contributed by atoms with Gasteiger partial charge in [0.05, 0.1) is 0 Å². The van der Waals surface area contributed by atoms with Gasteiger partial charge in [0.1, 0.15) is 0 Å². The van der Waals surface area contributed by atoms with Crippen LogP contribution >= 0.6 is 0 Å². The molecule has 0 aliphatic carbocycles. The molecular formula is C21H42N2O2. The van der Waals surface area contributed by atoms with Crippen molar-refractivity contribution < 1.29 is 9.59 Å². The maximum Gasteiger partial charge on any atom is 0.323 e. The number of carbonyl (C=O) groups excluding carboxylic acids is 2. The first-order valence-electron chi connectivity index (χ1n) is 10.7. The van der Waals surface area contributed by atoms with Crippen molar-refractivity contribution in [1.29, 1.82) is 0 Å². The van der Waals surface area contributed by atoms with E-state index in [1.807, 2.05) is 0 Å². The number of nitrogens with one attached hydrogen (secondary N) is 1. The van der Waals surface area contributed by atoms with Gasteiger partial charge in [-0.2, -0.15) is 0 Å². The van der Waals surface area contributed by atoms with Crippen LogP contribution in [0.25, 0.3) is 0 Å². The third kappa shape index (κ3) is 16.2. The SMILES string of the molecule is CCCCCCCCCCCCCCCCCCN(C=O)C(=O)NC. The van der Waals surface area contributed by atoms with Crippen LogP contribution in [0.5, 0.6) is 0 Å². The molecule has 0 aromatic rings. The average molecular weight is 355 g/mol. The number of imide groups is 1. The fourth-order valence-electron chi connectivity index (χ4n) is 3.18. The molecule has 25 heavy (non-hydrogen) atoms. The molecule has 0 spiro atoms. The van der Waals surface area contributed by atoms with E-state index in [1.54, 1.807) is 7.05 Å². The van der Waals surface area contributed by atoms with Crippen LogP contribution in [0.15, 0.2) is 0 Å². The molecule has 0 heterocycles. The van der Waals surface area contributed by atoms with Crippen molar-refractivity contribution in [1.82, 2.24) is 10.2 Å². The lowest BCUT2D eigenvalue weighted by Crippen LogP contribution is -2.37. The minimum atomic E-state index is -0.309. The molecule has 4 heteroatoms. The maximum atomic E-state index is 11.3. The van der Waals surface area contributed by atoms with Gasteiger partial charge in [-0.15, -0.1) is 0 Å². The number of carbonyl (C=O) groups is 2. The molecule has 0 aromatic heterocycles. The quantitative estimate of drug-likeness (QED) is 0.241. The number of amides is 3. The number of urea groups is 1. The van der Waals surface area contributed by atoms with Gasteiger partial charge in [0.15, 0.2) is 0 Å². The number of nitrogens with zero attached hydrogens (tertiary/aromatic N) is 1. The van der Waals surface area contributed by atoms with Gasteiger partial charge in [-0.1, -0.05) is 103 Å². The Balaban J connectivity index is 3.19. The molecule has 0 rings (SSSR count). The maximum absolute atomic E-state index is 11.3. The monoisotopic (exact) mass is 354 g/mol. The minimum absolute atomic E-state index is 0.309. The van der Waals surface area contributed by atoms with Gasteiger partial charge in [-0.3, -0.25) is 9.69 Å². The van der Waals surface area contributed by atoms with E-state index < -0.39 is 0 Å². The summed E-state index contributed by atoms with van der Waals surface area (Å²) in [6.07, 6.45) is 21.9. The van der Waals surface area contributed by atoms with Crippen LogP contribution in [0.3, 0.4) is 0 Å². The van der Waals surface area contributed by atoms with E-state index in [4.69, 9.17) is 0 Å². The normalized spacial score (nSPS) is 10.6. The molecule has 0 saturated carbocycles. The number of hydrogen-bond acceptors (Lipinski definition) is 2. The smallest absolute Gasteiger partial charge is 0.323 e. The van der Waals surface area contributed by atoms with Crippen molar-refractivity contribution >= 4 is 12.4 Å². The molecule has 1 N–H and O–H groups in total. The topological polar surface area (TPSA) is 49.4 Å². The van der Waals surface area contributed by atoms with Crippen molar-refractivity contribution in [3.8, 4) is 0 Å². The van der Waals surface area contributed by atoms with Crippen LogP contribution in [-0.2, 0) is 4.79 Å². The highest BCUT2D eigenvalue weighted by Gasteiger charge is 2.08. The molecule has 0 bridgehead atoms. The molecular weight excluding hydrogens is 312 g/mol. The molecule has 0 atom stereocenters. The zero-order valence-corrected chi connectivity index (χ0v) is 16.9. The summed E-state index contributed by atoms with van der Waals surface area (Å²) in [5, 5.41) is 2.48. The van der Waals surface area contributed by atoms with Gasteiger partial charge in [-0.25, -0.2) is 4.79 Å². The van der Waals surface area contributed by atoms with E-state index >= 15 is 0 Å². The molecule has 0 unspecified atom stereocenters.